The smallest absolute Gasteiger partial charge is 0.224 e. The lowest BCUT2D eigenvalue weighted by molar-refractivity contribution is -0.120. The van der Waals surface area contributed by atoms with Gasteiger partial charge in [-0.1, -0.05) is 54.6 Å². The molecule has 5 heteroatoms. The van der Waals surface area contributed by atoms with Crippen LogP contribution in [0.2, 0.25) is 0 Å². The van der Waals surface area contributed by atoms with E-state index in [4.69, 9.17) is 4.74 Å². The molecule has 0 spiro atoms. The second-order valence-corrected chi connectivity index (χ2v) is 7.65. The number of hydrogen-bond donors (Lipinski definition) is 1. The average Bonchev–Trinajstić information content (AvgIpc) is 3.29. The summed E-state index contributed by atoms with van der Waals surface area (Å²) >= 11 is 0. The Kier molecular flexibility index (Phi) is 7.72. The van der Waals surface area contributed by atoms with Gasteiger partial charge in [0.25, 0.3) is 0 Å². The van der Waals surface area contributed by atoms with E-state index in [9.17, 15) is 4.79 Å². The van der Waals surface area contributed by atoms with E-state index in [0.717, 1.165) is 29.8 Å². The number of fused-ring (bicyclic) bond motifs is 1. The highest BCUT2D eigenvalue weighted by molar-refractivity contribution is 5.90. The number of carbonyl (C=O) groups excluding carboxylic acids is 1. The predicted molar refractivity (Wildman–Crippen MR) is 124 cm³/mol. The summed E-state index contributed by atoms with van der Waals surface area (Å²) in [6.45, 7) is 2.78. The summed E-state index contributed by atoms with van der Waals surface area (Å²) in [5.74, 6) is 0.924. The Morgan fingerprint density at radius 2 is 1.70 bits per heavy atom. The highest BCUT2D eigenvalue weighted by Crippen LogP contribution is 2.26. The summed E-state index contributed by atoms with van der Waals surface area (Å²) in [6.07, 6.45) is 2.84. The Balaban J connectivity index is 0.00000256. The lowest BCUT2D eigenvalue weighted by Gasteiger charge is -2.28. The van der Waals surface area contributed by atoms with Gasteiger partial charge < -0.3 is 10.1 Å². The number of hydrogen-bond acceptors (Lipinski definition) is 3. The zero-order valence-electron chi connectivity index (χ0n) is 17.3. The molecular formula is C25H29ClN2O2. The van der Waals surface area contributed by atoms with Crippen molar-refractivity contribution in [2.75, 3.05) is 26.7 Å². The zero-order chi connectivity index (χ0) is 20.1. The van der Waals surface area contributed by atoms with E-state index in [-0.39, 0.29) is 24.4 Å². The summed E-state index contributed by atoms with van der Waals surface area (Å²) in [5.41, 5.74) is 2.29. The van der Waals surface area contributed by atoms with E-state index in [1.807, 2.05) is 36.4 Å². The van der Waals surface area contributed by atoms with Crippen molar-refractivity contribution < 1.29 is 9.53 Å². The van der Waals surface area contributed by atoms with Crippen LogP contribution < -0.4 is 10.1 Å². The third kappa shape index (κ3) is 5.13. The van der Waals surface area contributed by atoms with E-state index in [0.29, 0.717) is 13.0 Å². The van der Waals surface area contributed by atoms with Gasteiger partial charge in [-0.05, 0) is 60.0 Å². The lowest BCUT2D eigenvalue weighted by atomic mass is 10.0. The van der Waals surface area contributed by atoms with Crippen LogP contribution in [-0.2, 0) is 11.2 Å². The maximum Gasteiger partial charge on any atom is 0.224 e. The maximum atomic E-state index is 12.8. The van der Waals surface area contributed by atoms with Gasteiger partial charge in [0.1, 0.15) is 5.75 Å². The number of rotatable bonds is 7. The van der Waals surface area contributed by atoms with Crippen LogP contribution in [0.3, 0.4) is 0 Å². The number of halogens is 1. The van der Waals surface area contributed by atoms with Crippen molar-refractivity contribution in [3.63, 3.8) is 0 Å². The van der Waals surface area contributed by atoms with Gasteiger partial charge in [0.15, 0.2) is 0 Å². The molecule has 1 amide bonds. The van der Waals surface area contributed by atoms with Gasteiger partial charge in [-0.25, -0.2) is 0 Å². The minimum Gasteiger partial charge on any atom is -0.497 e. The largest absolute Gasteiger partial charge is 0.497 e. The van der Waals surface area contributed by atoms with Crippen molar-refractivity contribution in [2.24, 2.45) is 0 Å². The number of ether oxygens (including phenoxy) is 1. The van der Waals surface area contributed by atoms with Crippen LogP contribution in [0.1, 0.15) is 30.0 Å². The van der Waals surface area contributed by atoms with Crippen LogP contribution in [0.4, 0.5) is 0 Å². The molecule has 30 heavy (non-hydrogen) atoms. The Morgan fingerprint density at radius 1 is 1.00 bits per heavy atom. The molecule has 1 fully saturated rings. The Hall–Kier alpha value is -2.56. The van der Waals surface area contributed by atoms with Gasteiger partial charge in [0, 0.05) is 6.54 Å². The van der Waals surface area contributed by atoms with Crippen LogP contribution in [0, 0.1) is 0 Å². The molecule has 0 aromatic heterocycles. The first kappa shape index (κ1) is 22.1. The molecule has 1 aliphatic heterocycles. The van der Waals surface area contributed by atoms with E-state index >= 15 is 0 Å². The van der Waals surface area contributed by atoms with Gasteiger partial charge in [0.05, 0.1) is 19.6 Å². The van der Waals surface area contributed by atoms with E-state index in [1.165, 1.54) is 23.8 Å². The molecule has 3 aromatic carbocycles. The normalized spacial score (nSPS) is 14.8. The molecule has 1 atom stereocenters. The third-order valence-electron chi connectivity index (χ3n) is 5.81. The van der Waals surface area contributed by atoms with Gasteiger partial charge in [0.2, 0.25) is 5.91 Å². The second-order valence-electron chi connectivity index (χ2n) is 7.65. The minimum atomic E-state index is 0. The molecule has 1 heterocycles. The first-order chi connectivity index (χ1) is 14.2. The predicted octanol–water partition coefficient (Wildman–Crippen LogP) is 4.77. The topological polar surface area (TPSA) is 41.6 Å². The van der Waals surface area contributed by atoms with Crippen LogP contribution in [0.15, 0.2) is 66.7 Å². The number of nitrogens with zero attached hydrogens (tertiary/aromatic N) is 1. The van der Waals surface area contributed by atoms with Crippen molar-refractivity contribution in [2.45, 2.75) is 25.3 Å². The molecular weight excluding hydrogens is 396 g/mol. The summed E-state index contributed by atoms with van der Waals surface area (Å²) in [6, 6.07) is 22.8. The van der Waals surface area contributed by atoms with Crippen molar-refractivity contribution in [1.82, 2.24) is 10.2 Å². The van der Waals surface area contributed by atoms with Crippen molar-refractivity contribution >= 4 is 29.1 Å². The molecule has 0 bridgehead atoms. The average molecular weight is 425 g/mol. The fourth-order valence-electron chi connectivity index (χ4n) is 4.23. The van der Waals surface area contributed by atoms with Gasteiger partial charge in [-0.3, -0.25) is 9.69 Å². The second kappa shape index (κ2) is 10.5. The molecule has 1 saturated heterocycles. The van der Waals surface area contributed by atoms with Crippen molar-refractivity contribution in [1.29, 1.82) is 0 Å². The third-order valence-corrected chi connectivity index (χ3v) is 5.81. The monoisotopic (exact) mass is 424 g/mol. The highest BCUT2D eigenvalue weighted by Gasteiger charge is 2.24. The SMILES string of the molecule is COc1ccc(C(CNC(=O)Cc2cccc3ccccc23)N2CCCC2)cc1.Cl. The molecule has 0 aliphatic carbocycles. The number of amides is 1. The molecule has 0 saturated carbocycles. The number of nitrogens with one attached hydrogen (secondary N) is 1. The van der Waals surface area contributed by atoms with Gasteiger partial charge in [-0.2, -0.15) is 0 Å². The molecule has 1 N–H and O–H groups in total. The van der Waals surface area contributed by atoms with Crippen molar-refractivity contribution in [3.05, 3.63) is 77.9 Å². The van der Waals surface area contributed by atoms with E-state index in [2.05, 4.69) is 40.5 Å². The molecule has 3 aromatic rings. The number of methoxy groups -OCH3 is 1. The Morgan fingerprint density at radius 3 is 2.43 bits per heavy atom. The fourth-order valence-corrected chi connectivity index (χ4v) is 4.23. The molecule has 158 valence electrons. The number of likely N-dealkylation sites (tertiary alicyclic amines) is 1. The number of benzene rings is 3. The maximum absolute atomic E-state index is 12.8. The van der Waals surface area contributed by atoms with E-state index < -0.39 is 0 Å². The summed E-state index contributed by atoms with van der Waals surface area (Å²) in [4.78, 5) is 15.2. The number of carbonyl (C=O) groups is 1. The standard InChI is InChI=1S/C25H28N2O2.ClH/c1-29-22-13-11-20(12-14-22)24(27-15-4-5-16-27)18-26-25(28)17-21-9-6-8-19-7-2-3-10-23(19)21;/h2-3,6-14,24H,4-5,15-18H2,1H3,(H,26,28);1H. The summed E-state index contributed by atoms with van der Waals surface area (Å²) in [5, 5.41) is 5.51. The van der Waals surface area contributed by atoms with Gasteiger partial charge >= 0.3 is 0 Å². The molecule has 0 radical (unpaired) electrons. The summed E-state index contributed by atoms with van der Waals surface area (Å²) < 4.78 is 5.29. The first-order valence-electron chi connectivity index (χ1n) is 10.4. The summed E-state index contributed by atoms with van der Waals surface area (Å²) in [7, 11) is 1.68. The van der Waals surface area contributed by atoms with Crippen LogP contribution in [-0.4, -0.2) is 37.6 Å². The molecule has 4 nitrogen and oxygen atoms in total. The minimum absolute atomic E-state index is 0. The first-order valence-corrected chi connectivity index (χ1v) is 10.4. The quantitative estimate of drug-likeness (QED) is 0.594. The van der Waals surface area contributed by atoms with Gasteiger partial charge in [-0.15, -0.1) is 12.4 Å². The lowest BCUT2D eigenvalue weighted by Crippen LogP contribution is -2.37. The Labute approximate surface area is 184 Å². The Bertz CT molecular complexity index is 963. The molecule has 4 rings (SSSR count). The zero-order valence-corrected chi connectivity index (χ0v) is 18.2. The molecule has 1 aliphatic rings. The van der Waals surface area contributed by atoms with E-state index in [1.54, 1.807) is 7.11 Å². The fraction of sp³-hybridized carbons (Fsp3) is 0.320. The highest BCUT2D eigenvalue weighted by atomic mass is 35.5. The van der Waals surface area contributed by atoms with Crippen LogP contribution in [0.25, 0.3) is 10.8 Å². The molecule has 1 unspecified atom stereocenters. The van der Waals surface area contributed by atoms with Crippen molar-refractivity contribution in [3.8, 4) is 5.75 Å². The van der Waals surface area contributed by atoms with Crippen LogP contribution in [0.5, 0.6) is 5.75 Å². The van der Waals surface area contributed by atoms with Crippen LogP contribution >= 0.6 is 12.4 Å².